The Bertz CT molecular complexity index is 466. The number of thioether (sulfide) groups is 1. The highest BCUT2D eigenvalue weighted by Gasteiger charge is 2.09. The molecule has 0 spiro atoms. The number of aryl methyl sites for hydroxylation is 1. The molecule has 0 aromatic heterocycles. The van der Waals surface area contributed by atoms with E-state index in [1.165, 1.54) is 12.1 Å². The van der Waals surface area contributed by atoms with Crippen LogP contribution in [-0.4, -0.2) is 28.6 Å². The van der Waals surface area contributed by atoms with Crippen LogP contribution in [0, 0.1) is 17.0 Å². The maximum Gasteiger partial charge on any atom is 0.271 e. The van der Waals surface area contributed by atoms with Crippen molar-refractivity contribution in [1.82, 2.24) is 5.32 Å². The fraction of sp³-hybridized carbons (Fsp3) is 0.417. The van der Waals surface area contributed by atoms with Gasteiger partial charge >= 0.3 is 0 Å². The van der Waals surface area contributed by atoms with Gasteiger partial charge in [-0.2, -0.15) is 11.8 Å². The normalized spacial score (nSPS) is 10.0. The van der Waals surface area contributed by atoms with Crippen LogP contribution in [0.2, 0.25) is 0 Å². The number of nitro benzene ring substituents is 1. The number of rotatable bonds is 6. The van der Waals surface area contributed by atoms with Gasteiger partial charge in [-0.1, -0.05) is 6.07 Å². The third-order valence-electron chi connectivity index (χ3n) is 2.49. The van der Waals surface area contributed by atoms with E-state index in [4.69, 9.17) is 12.2 Å². The van der Waals surface area contributed by atoms with E-state index in [1.54, 1.807) is 17.8 Å². The molecular formula is C12H17N3O2S2. The van der Waals surface area contributed by atoms with E-state index in [0.29, 0.717) is 10.8 Å². The number of non-ortho nitro benzene ring substituents is 1. The predicted molar refractivity (Wildman–Crippen MR) is 85.1 cm³/mol. The summed E-state index contributed by atoms with van der Waals surface area (Å²) in [4.78, 5) is 10.3. The van der Waals surface area contributed by atoms with Crippen LogP contribution in [-0.2, 0) is 0 Å². The van der Waals surface area contributed by atoms with Crippen molar-refractivity contribution < 1.29 is 4.92 Å². The molecule has 0 unspecified atom stereocenters. The molecule has 0 amide bonds. The van der Waals surface area contributed by atoms with Crippen LogP contribution in [0.3, 0.4) is 0 Å². The van der Waals surface area contributed by atoms with Gasteiger partial charge in [0.2, 0.25) is 0 Å². The van der Waals surface area contributed by atoms with Gasteiger partial charge in [-0.15, -0.1) is 0 Å². The lowest BCUT2D eigenvalue weighted by Crippen LogP contribution is -2.29. The fourth-order valence-corrected chi connectivity index (χ4v) is 2.09. The average Bonchev–Trinajstić information content (AvgIpc) is 2.37. The summed E-state index contributed by atoms with van der Waals surface area (Å²) < 4.78 is 0. The van der Waals surface area contributed by atoms with Crippen LogP contribution >= 0.6 is 24.0 Å². The van der Waals surface area contributed by atoms with E-state index in [0.717, 1.165) is 24.3 Å². The van der Waals surface area contributed by atoms with Crippen molar-refractivity contribution in [3.8, 4) is 0 Å². The molecule has 7 heteroatoms. The van der Waals surface area contributed by atoms with Gasteiger partial charge in [0.05, 0.1) is 4.92 Å². The molecule has 0 heterocycles. The first-order valence-electron chi connectivity index (χ1n) is 5.83. The Morgan fingerprint density at radius 1 is 1.53 bits per heavy atom. The third-order valence-corrected chi connectivity index (χ3v) is 3.43. The van der Waals surface area contributed by atoms with Crippen LogP contribution in [0.1, 0.15) is 12.0 Å². The number of benzene rings is 1. The summed E-state index contributed by atoms with van der Waals surface area (Å²) in [5.41, 5.74) is 1.63. The summed E-state index contributed by atoms with van der Waals surface area (Å²) in [6, 6.07) is 4.68. The van der Waals surface area contributed by atoms with E-state index in [2.05, 4.69) is 16.9 Å². The quantitative estimate of drug-likeness (QED) is 0.364. The molecule has 0 aliphatic carbocycles. The van der Waals surface area contributed by atoms with Crippen LogP contribution in [0.5, 0.6) is 0 Å². The van der Waals surface area contributed by atoms with Gasteiger partial charge in [0.25, 0.3) is 5.69 Å². The van der Waals surface area contributed by atoms with Gasteiger partial charge in [0, 0.05) is 24.4 Å². The summed E-state index contributed by atoms with van der Waals surface area (Å²) >= 11 is 6.94. The number of thiocarbonyl (C=S) groups is 1. The third kappa shape index (κ3) is 5.44. The van der Waals surface area contributed by atoms with E-state index < -0.39 is 4.92 Å². The summed E-state index contributed by atoms with van der Waals surface area (Å²) in [7, 11) is 0. The van der Waals surface area contributed by atoms with Crippen LogP contribution in [0.4, 0.5) is 11.4 Å². The van der Waals surface area contributed by atoms with Crippen LogP contribution < -0.4 is 10.6 Å². The molecule has 0 radical (unpaired) electrons. The molecular weight excluding hydrogens is 282 g/mol. The largest absolute Gasteiger partial charge is 0.362 e. The van der Waals surface area contributed by atoms with Gasteiger partial charge in [-0.3, -0.25) is 10.1 Å². The summed E-state index contributed by atoms with van der Waals surface area (Å²) in [6.07, 6.45) is 3.08. The Morgan fingerprint density at radius 3 is 2.89 bits per heavy atom. The molecule has 0 atom stereocenters. The Hall–Kier alpha value is -1.34. The first kappa shape index (κ1) is 15.7. The Morgan fingerprint density at radius 2 is 2.26 bits per heavy atom. The van der Waals surface area contributed by atoms with Gasteiger partial charge < -0.3 is 10.6 Å². The molecule has 0 fully saturated rings. The van der Waals surface area contributed by atoms with Gasteiger partial charge in [-0.25, -0.2) is 0 Å². The minimum Gasteiger partial charge on any atom is -0.362 e. The monoisotopic (exact) mass is 299 g/mol. The molecule has 0 saturated heterocycles. The molecule has 2 N–H and O–H groups in total. The minimum atomic E-state index is -0.417. The van der Waals surface area contributed by atoms with Gasteiger partial charge in [-0.05, 0) is 43.1 Å². The number of nitrogens with one attached hydrogen (secondary N) is 2. The van der Waals surface area contributed by atoms with Crippen molar-refractivity contribution in [2.45, 2.75) is 13.3 Å². The topological polar surface area (TPSA) is 67.2 Å². The van der Waals surface area contributed by atoms with E-state index in [-0.39, 0.29) is 5.69 Å². The minimum absolute atomic E-state index is 0.0540. The zero-order valence-electron chi connectivity index (χ0n) is 10.9. The lowest BCUT2D eigenvalue weighted by atomic mass is 10.2. The number of nitrogens with zero attached hydrogens (tertiary/aromatic N) is 1. The molecule has 1 aromatic rings. The second-order valence-electron chi connectivity index (χ2n) is 3.98. The van der Waals surface area contributed by atoms with E-state index >= 15 is 0 Å². The number of hydrogen-bond donors (Lipinski definition) is 2. The Balaban J connectivity index is 2.58. The van der Waals surface area contributed by atoms with Crippen LogP contribution in [0.25, 0.3) is 0 Å². The van der Waals surface area contributed by atoms with Crippen molar-refractivity contribution in [1.29, 1.82) is 0 Å². The second-order valence-corrected chi connectivity index (χ2v) is 5.38. The maximum absolute atomic E-state index is 10.7. The van der Waals surface area contributed by atoms with Gasteiger partial charge in [0.1, 0.15) is 0 Å². The molecule has 0 aliphatic rings. The second kappa shape index (κ2) is 7.96. The molecule has 1 aromatic carbocycles. The molecule has 104 valence electrons. The zero-order chi connectivity index (χ0) is 14.3. The molecule has 1 rings (SSSR count). The lowest BCUT2D eigenvalue weighted by Gasteiger charge is -2.12. The first-order chi connectivity index (χ1) is 9.04. The smallest absolute Gasteiger partial charge is 0.271 e. The first-order valence-corrected chi connectivity index (χ1v) is 7.63. The molecule has 0 aliphatic heterocycles. The predicted octanol–water partition coefficient (Wildman–Crippen LogP) is 2.94. The number of anilines is 1. The van der Waals surface area contributed by atoms with Crippen molar-refractivity contribution >= 4 is 40.5 Å². The Labute approximate surface area is 122 Å². The highest BCUT2D eigenvalue weighted by atomic mass is 32.2. The highest BCUT2D eigenvalue weighted by Crippen LogP contribution is 2.21. The maximum atomic E-state index is 10.7. The molecule has 0 bridgehead atoms. The van der Waals surface area contributed by atoms with Crippen LogP contribution in [0.15, 0.2) is 18.2 Å². The van der Waals surface area contributed by atoms with Crippen molar-refractivity contribution in [2.24, 2.45) is 0 Å². The summed E-state index contributed by atoms with van der Waals surface area (Å²) in [5.74, 6) is 1.07. The summed E-state index contributed by atoms with van der Waals surface area (Å²) in [6.45, 7) is 2.67. The number of nitro groups is 1. The molecule has 19 heavy (non-hydrogen) atoms. The lowest BCUT2D eigenvalue weighted by molar-refractivity contribution is -0.384. The van der Waals surface area contributed by atoms with E-state index in [1.807, 2.05) is 6.92 Å². The van der Waals surface area contributed by atoms with Crippen molar-refractivity contribution in [3.05, 3.63) is 33.9 Å². The van der Waals surface area contributed by atoms with Crippen molar-refractivity contribution in [2.75, 3.05) is 23.9 Å². The fourth-order valence-electron chi connectivity index (χ4n) is 1.44. The Kier molecular flexibility index (Phi) is 6.58. The van der Waals surface area contributed by atoms with Gasteiger partial charge in [0.15, 0.2) is 5.11 Å². The summed E-state index contributed by atoms with van der Waals surface area (Å²) in [5, 5.41) is 17.3. The van der Waals surface area contributed by atoms with E-state index in [9.17, 15) is 10.1 Å². The average molecular weight is 299 g/mol. The molecule has 0 saturated carbocycles. The molecule has 5 nitrogen and oxygen atoms in total. The highest BCUT2D eigenvalue weighted by molar-refractivity contribution is 7.98. The standard InChI is InChI=1S/C12H17N3O2S2/c1-9-4-5-10(15(16)17)8-11(9)14-12(18)13-6-3-7-19-2/h4-5,8H,3,6-7H2,1-2H3,(H2,13,14,18). The SMILES string of the molecule is CSCCCNC(=S)Nc1cc([N+](=O)[O-])ccc1C. The zero-order valence-corrected chi connectivity index (χ0v) is 12.6. The number of hydrogen-bond acceptors (Lipinski definition) is 4. The van der Waals surface area contributed by atoms with Crippen molar-refractivity contribution in [3.63, 3.8) is 0 Å².